The summed E-state index contributed by atoms with van der Waals surface area (Å²) >= 11 is 7.96. The standard InChI is InChI=1S/C19H26ClN5S.HI/c1-2-21-18(23-13-15-7-3-4-8-17(15)20)22-10-9-16-14-26-19(24-16)25-11-5-6-12-25;/h3-4,7-8,14H,2,5-6,9-13H2,1H3,(H2,21,22,23);1H. The summed E-state index contributed by atoms with van der Waals surface area (Å²) in [5.74, 6) is 0.808. The van der Waals surface area contributed by atoms with Crippen molar-refractivity contribution in [3.8, 4) is 0 Å². The number of nitrogens with one attached hydrogen (secondary N) is 2. The Labute approximate surface area is 187 Å². The quantitative estimate of drug-likeness (QED) is 0.325. The van der Waals surface area contributed by atoms with Crippen molar-refractivity contribution in [3.63, 3.8) is 0 Å². The summed E-state index contributed by atoms with van der Waals surface area (Å²) in [5.41, 5.74) is 2.17. The molecule has 27 heavy (non-hydrogen) atoms. The molecule has 2 aromatic rings. The third kappa shape index (κ3) is 6.80. The summed E-state index contributed by atoms with van der Waals surface area (Å²) in [6, 6.07) is 7.82. The van der Waals surface area contributed by atoms with Gasteiger partial charge in [0.1, 0.15) is 0 Å². The zero-order valence-electron chi connectivity index (χ0n) is 15.6. The molecule has 0 bridgehead atoms. The van der Waals surface area contributed by atoms with E-state index < -0.39 is 0 Å². The monoisotopic (exact) mass is 519 g/mol. The van der Waals surface area contributed by atoms with E-state index in [1.165, 1.54) is 12.8 Å². The molecule has 1 fully saturated rings. The number of guanidine groups is 1. The molecule has 3 rings (SSSR count). The largest absolute Gasteiger partial charge is 0.357 e. The highest BCUT2D eigenvalue weighted by molar-refractivity contribution is 14.0. The Balaban J connectivity index is 0.00000261. The Kier molecular flexibility index (Phi) is 9.64. The molecule has 0 saturated carbocycles. The molecule has 0 unspecified atom stereocenters. The van der Waals surface area contributed by atoms with E-state index in [1.807, 2.05) is 24.3 Å². The number of aromatic nitrogens is 1. The molecule has 5 nitrogen and oxygen atoms in total. The maximum Gasteiger partial charge on any atom is 0.191 e. The Hall–Kier alpha value is -1.06. The molecule has 0 amide bonds. The van der Waals surface area contributed by atoms with Gasteiger partial charge in [0.25, 0.3) is 0 Å². The first-order valence-corrected chi connectivity index (χ1v) is 10.5. The predicted octanol–water partition coefficient (Wildman–Crippen LogP) is 4.31. The predicted molar refractivity (Wildman–Crippen MR) is 127 cm³/mol. The zero-order chi connectivity index (χ0) is 18.2. The number of halogens is 2. The number of nitrogens with zero attached hydrogens (tertiary/aromatic N) is 3. The lowest BCUT2D eigenvalue weighted by molar-refractivity contribution is 0.789. The summed E-state index contributed by atoms with van der Waals surface area (Å²) in [7, 11) is 0. The molecular formula is C19H27ClIN5S. The first-order valence-electron chi connectivity index (χ1n) is 9.21. The van der Waals surface area contributed by atoms with E-state index in [-0.39, 0.29) is 24.0 Å². The first kappa shape index (κ1) is 22.2. The van der Waals surface area contributed by atoms with Crippen LogP contribution in [-0.4, -0.2) is 37.1 Å². The van der Waals surface area contributed by atoms with Gasteiger partial charge >= 0.3 is 0 Å². The highest BCUT2D eigenvalue weighted by Crippen LogP contribution is 2.24. The fourth-order valence-corrected chi connectivity index (χ4v) is 4.02. The van der Waals surface area contributed by atoms with Gasteiger partial charge in [-0.05, 0) is 31.4 Å². The van der Waals surface area contributed by atoms with Crippen molar-refractivity contribution >= 4 is 58.0 Å². The van der Waals surface area contributed by atoms with Crippen LogP contribution in [0.25, 0.3) is 0 Å². The third-order valence-corrected chi connectivity index (χ3v) is 5.62. The summed E-state index contributed by atoms with van der Waals surface area (Å²) in [5, 5.41) is 10.8. The lowest BCUT2D eigenvalue weighted by Crippen LogP contribution is -2.38. The molecule has 8 heteroatoms. The number of thiazole rings is 1. The average Bonchev–Trinajstić information content (AvgIpc) is 3.32. The highest BCUT2D eigenvalue weighted by atomic mass is 127. The Morgan fingerprint density at radius 1 is 1.26 bits per heavy atom. The third-order valence-electron chi connectivity index (χ3n) is 4.30. The van der Waals surface area contributed by atoms with Crippen molar-refractivity contribution in [1.29, 1.82) is 0 Å². The van der Waals surface area contributed by atoms with Crippen molar-refractivity contribution in [1.82, 2.24) is 15.6 Å². The number of rotatable bonds is 7. The van der Waals surface area contributed by atoms with Gasteiger partial charge in [0.15, 0.2) is 11.1 Å². The molecule has 0 atom stereocenters. The van der Waals surface area contributed by atoms with Gasteiger partial charge in [-0.1, -0.05) is 29.8 Å². The summed E-state index contributed by atoms with van der Waals surface area (Å²) in [6.45, 7) is 6.54. The Morgan fingerprint density at radius 2 is 2.04 bits per heavy atom. The van der Waals surface area contributed by atoms with Gasteiger partial charge in [-0.15, -0.1) is 35.3 Å². The molecule has 0 spiro atoms. The highest BCUT2D eigenvalue weighted by Gasteiger charge is 2.15. The topological polar surface area (TPSA) is 52.6 Å². The lowest BCUT2D eigenvalue weighted by Gasteiger charge is -2.12. The maximum absolute atomic E-state index is 6.20. The van der Waals surface area contributed by atoms with Crippen LogP contribution in [0.15, 0.2) is 34.6 Å². The fraction of sp³-hybridized carbons (Fsp3) is 0.474. The Morgan fingerprint density at radius 3 is 2.78 bits per heavy atom. The van der Waals surface area contributed by atoms with Gasteiger partial charge in [-0.3, -0.25) is 0 Å². The van der Waals surface area contributed by atoms with Gasteiger partial charge < -0.3 is 15.5 Å². The fourth-order valence-electron chi connectivity index (χ4n) is 2.91. The van der Waals surface area contributed by atoms with E-state index in [1.54, 1.807) is 11.3 Å². The number of anilines is 1. The van der Waals surface area contributed by atoms with Crippen LogP contribution >= 0.6 is 46.9 Å². The number of benzene rings is 1. The van der Waals surface area contributed by atoms with Crippen LogP contribution in [0.4, 0.5) is 5.13 Å². The smallest absolute Gasteiger partial charge is 0.191 e. The van der Waals surface area contributed by atoms with Gasteiger partial charge in [-0.25, -0.2) is 9.98 Å². The number of aliphatic imine (C=N–C) groups is 1. The van der Waals surface area contributed by atoms with Gasteiger partial charge in [-0.2, -0.15) is 0 Å². The number of hydrogen-bond acceptors (Lipinski definition) is 4. The van der Waals surface area contributed by atoms with Crippen molar-refractivity contribution in [2.75, 3.05) is 31.1 Å². The maximum atomic E-state index is 6.20. The molecular weight excluding hydrogens is 493 g/mol. The van der Waals surface area contributed by atoms with Crippen LogP contribution in [-0.2, 0) is 13.0 Å². The second-order valence-corrected chi connectivity index (χ2v) is 7.52. The number of hydrogen-bond donors (Lipinski definition) is 2. The van der Waals surface area contributed by atoms with E-state index >= 15 is 0 Å². The normalized spacial score (nSPS) is 14.1. The molecule has 0 radical (unpaired) electrons. The molecule has 1 aliphatic rings. The van der Waals surface area contributed by atoms with Crippen molar-refractivity contribution in [2.45, 2.75) is 32.7 Å². The minimum Gasteiger partial charge on any atom is -0.357 e. The van der Waals surface area contributed by atoms with Crippen LogP contribution in [0.1, 0.15) is 31.0 Å². The molecule has 2 heterocycles. The zero-order valence-corrected chi connectivity index (χ0v) is 19.5. The molecule has 2 N–H and O–H groups in total. The molecule has 148 valence electrons. The van der Waals surface area contributed by atoms with E-state index in [4.69, 9.17) is 16.6 Å². The van der Waals surface area contributed by atoms with Gasteiger partial charge in [0, 0.05) is 43.0 Å². The first-order chi connectivity index (χ1) is 12.8. The van der Waals surface area contributed by atoms with Gasteiger partial charge in [0.05, 0.1) is 12.2 Å². The molecule has 1 aromatic carbocycles. The molecule has 0 aliphatic carbocycles. The lowest BCUT2D eigenvalue weighted by atomic mass is 10.2. The molecule has 1 aliphatic heterocycles. The van der Waals surface area contributed by atoms with Crippen LogP contribution in [0.2, 0.25) is 5.02 Å². The summed E-state index contributed by atoms with van der Waals surface area (Å²) in [4.78, 5) is 11.8. The van der Waals surface area contributed by atoms with E-state index in [0.29, 0.717) is 6.54 Å². The van der Waals surface area contributed by atoms with Crippen LogP contribution in [0.5, 0.6) is 0 Å². The average molecular weight is 520 g/mol. The molecule has 1 aromatic heterocycles. The summed E-state index contributed by atoms with van der Waals surface area (Å²) in [6.07, 6.45) is 3.45. The summed E-state index contributed by atoms with van der Waals surface area (Å²) < 4.78 is 0. The SMILES string of the molecule is CCNC(=NCc1ccccc1Cl)NCCc1csc(N2CCCC2)n1.I. The molecule has 1 saturated heterocycles. The van der Waals surface area contributed by atoms with Crippen LogP contribution in [0.3, 0.4) is 0 Å². The van der Waals surface area contributed by atoms with E-state index in [2.05, 4.69) is 32.8 Å². The minimum atomic E-state index is 0. The minimum absolute atomic E-state index is 0. The van der Waals surface area contributed by atoms with Crippen molar-refractivity contribution < 1.29 is 0 Å². The van der Waals surface area contributed by atoms with E-state index in [0.717, 1.165) is 60.0 Å². The second-order valence-electron chi connectivity index (χ2n) is 6.28. The van der Waals surface area contributed by atoms with Crippen molar-refractivity contribution in [3.05, 3.63) is 45.9 Å². The van der Waals surface area contributed by atoms with Crippen LogP contribution < -0.4 is 15.5 Å². The second kappa shape index (κ2) is 11.7. The van der Waals surface area contributed by atoms with E-state index in [9.17, 15) is 0 Å². The Bertz CT molecular complexity index is 730. The van der Waals surface area contributed by atoms with Gasteiger partial charge in [0.2, 0.25) is 0 Å². The van der Waals surface area contributed by atoms with Crippen LogP contribution in [0, 0.1) is 0 Å². The van der Waals surface area contributed by atoms with Crippen molar-refractivity contribution in [2.24, 2.45) is 4.99 Å².